The first-order valence-electron chi connectivity index (χ1n) is 8.94. The molecule has 0 aromatic rings. The van der Waals surface area contributed by atoms with Crippen molar-refractivity contribution in [3.8, 4) is 0 Å². The number of rotatable bonds is 12. The van der Waals surface area contributed by atoms with Gasteiger partial charge in [0.2, 0.25) is 0 Å². The molecule has 0 spiro atoms. The molecule has 10 unspecified atom stereocenters. The van der Waals surface area contributed by atoms with E-state index in [1.54, 1.807) is 0 Å². The van der Waals surface area contributed by atoms with Crippen molar-refractivity contribution in [2.75, 3.05) is 13.2 Å². The predicted molar refractivity (Wildman–Crippen MR) is 94.8 cm³/mol. The van der Waals surface area contributed by atoms with Gasteiger partial charge in [-0.15, -0.1) is 0 Å². The van der Waals surface area contributed by atoms with Crippen molar-refractivity contribution >= 4 is 0 Å². The summed E-state index contributed by atoms with van der Waals surface area (Å²) < 4.78 is 0. The average Bonchev–Trinajstić information content (AvgIpc) is 2.74. The van der Waals surface area contributed by atoms with E-state index in [4.69, 9.17) is 10.2 Å². The summed E-state index contributed by atoms with van der Waals surface area (Å²) in [5.41, 5.74) is 0. The van der Waals surface area contributed by atoms with E-state index in [9.17, 15) is 51.1 Å². The Morgan fingerprint density at radius 2 is 0.643 bits per heavy atom. The highest BCUT2D eigenvalue weighted by Gasteiger charge is 2.42. The molecule has 0 bridgehead atoms. The maximum atomic E-state index is 9.99. The third kappa shape index (κ3) is 8.10. The standard InChI is InChI=1S/C14H30O12.C2H6/c1-4(7(19)11(23)13(25)9(21)5(17)2-15)8(20)12(24)14(26)10(22)6(18)3-16;1-2/h4-26H,2-3H2,1H3;1-2H3. The van der Waals surface area contributed by atoms with Crippen LogP contribution in [0.15, 0.2) is 0 Å². The molecule has 0 aliphatic heterocycles. The Bertz CT molecular complexity index is 353. The highest BCUT2D eigenvalue weighted by Crippen LogP contribution is 2.21. The lowest BCUT2D eigenvalue weighted by molar-refractivity contribution is -0.178. The highest BCUT2D eigenvalue weighted by molar-refractivity contribution is 4.92. The van der Waals surface area contributed by atoms with Crippen LogP contribution in [0.25, 0.3) is 0 Å². The SMILES string of the molecule is CC.CC(C(O)C(O)C(O)C(O)C(O)CO)C(O)C(O)C(O)C(O)C(O)CO. The van der Waals surface area contributed by atoms with E-state index < -0.39 is 80.2 Å². The van der Waals surface area contributed by atoms with Crippen LogP contribution in [0, 0.1) is 5.92 Å². The summed E-state index contributed by atoms with van der Waals surface area (Å²) in [7, 11) is 0. The van der Waals surface area contributed by atoms with Gasteiger partial charge in [0.15, 0.2) is 0 Å². The second-order valence-corrected chi connectivity index (χ2v) is 6.28. The van der Waals surface area contributed by atoms with Gasteiger partial charge in [0.05, 0.1) is 25.4 Å². The van der Waals surface area contributed by atoms with Crippen molar-refractivity contribution in [3.05, 3.63) is 0 Å². The first-order valence-corrected chi connectivity index (χ1v) is 8.94. The van der Waals surface area contributed by atoms with Gasteiger partial charge in [-0.1, -0.05) is 20.8 Å². The molecule has 28 heavy (non-hydrogen) atoms. The number of aliphatic hydroxyl groups excluding tert-OH is 12. The Kier molecular flexibility index (Phi) is 15.4. The van der Waals surface area contributed by atoms with Crippen LogP contribution in [0.2, 0.25) is 0 Å². The zero-order chi connectivity index (χ0) is 22.8. The minimum atomic E-state index is -2.12. The molecule has 0 aromatic heterocycles. The fraction of sp³-hybridized carbons (Fsp3) is 1.00. The van der Waals surface area contributed by atoms with Crippen LogP contribution in [0.1, 0.15) is 20.8 Å². The summed E-state index contributed by atoms with van der Waals surface area (Å²) in [4.78, 5) is 0. The Morgan fingerprint density at radius 1 is 0.429 bits per heavy atom. The lowest BCUT2D eigenvalue weighted by atomic mass is 9.85. The lowest BCUT2D eigenvalue weighted by Gasteiger charge is -2.36. The third-order valence-electron chi connectivity index (χ3n) is 4.34. The molecule has 0 saturated heterocycles. The Balaban J connectivity index is 0. The van der Waals surface area contributed by atoms with Crippen LogP contribution in [0.3, 0.4) is 0 Å². The number of hydrogen-bond acceptors (Lipinski definition) is 12. The van der Waals surface area contributed by atoms with E-state index in [1.807, 2.05) is 13.8 Å². The number of hydrogen-bond donors (Lipinski definition) is 12. The van der Waals surface area contributed by atoms with Crippen LogP contribution < -0.4 is 0 Å². The van der Waals surface area contributed by atoms with E-state index in [-0.39, 0.29) is 0 Å². The fourth-order valence-corrected chi connectivity index (χ4v) is 2.30. The topological polar surface area (TPSA) is 243 Å². The van der Waals surface area contributed by atoms with Crippen molar-refractivity contribution in [1.29, 1.82) is 0 Å². The highest BCUT2D eigenvalue weighted by atomic mass is 16.4. The van der Waals surface area contributed by atoms with Gasteiger partial charge in [-0.3, -0.25) is 0 Å². The summed E-state index contributed by atoms with van der Waals surface area (Å²) in [6, 6.07) is 0. The van der Waals surface area contributed by atoms with E-state index in [0.29, 0.717) is 0 Å². The molecule has 0 aliphatic carbocycles. The molecule has 10 atom stereocenters. The second-order valence-electron chi connectivity index (χ2n) is 6.28. The van der Waals surface area contributed by atoms with Crippen LogP contribution in [0.5, 0.6) is 0 Å². The quantitative estimate of drug-likeness (QED) is 0.141. The summed E-state index contributed by atoms with van der Waals surface area (Å²) in [6.45, 7) is 3.23. The molecular formula is C16H36O12. The summed E-state index contributed by atoms with van der Waals surface area (Å²) in [6.07, 6.45) is -20.1. The summed E-state index contributed by atoms with van der Waals surface area (Å²) >= 11 is 0. The number of aliphatic hydroxyl groups is 12. The van der Waals surface area contributed by atoms with Gasteiger partial charge in [-0.05, 0) is 0 Å². The van der Waals surface area contributed by atoms with Gasteiger partial charge in [0.25, 0.3) is 0 Å². The van der Waals surface area contributed by atoms with Crippen molar-refractivity contribution in [1.82, 2.24) is 0 Å². The summed E-state index contributed by atoms with van der Waals surface area (Å²) in [5, 5.41) is 114. The van der Waals surface area contributed by atoms with Gasteiger partial charge in [-0.25, -0.2) is 0 Å². The molecule has 12 heteroatoms. The molecule has 0 aliphatic rings. The van der Waals surface area contributed by atoms with Gasteiger partial charge in [0.1, 0.15) is 48.8 Å². The molecule has 0 amide bonds. The molecule has 12 nitrogen and oxygen atoms in total. The lowest BCUT2D eigenvalue weighted by Crippen LogP contribution is -2.56. The monoisotopic (exact) mass is 420 g/mol. The Labute approximate surface area is 163 Å². The van der Waals surface area contributed by atoms with Gasteiger partial charge < -0.3 is 61.3 Å². The Hall–Kier alpha value is -0.480. The van der Waals surface area contributed by atoms with Crippen molar-refractivity contribution < 1.29 is 61.3 Å². The summed E-state index contributed by atoms with van der Waals surface area (Å²) in [5.74, 6) is -1.43. The largest absolute Gasteiger partial charge is 0.394 e. The molecule has 0 aromatic carbocycles. The van der Waals surface area contributed by atoms with E-state index >= 15 is 0 Å². The molecule has 0 heterocycles. The molecule has 0 rings (SSSR count). The molecule has 12 N–H and O–H groups in total. The molecule has 0 radical (unpaired) electrons. The zero-order valence-electron chi connectivity index (χ0n) is 16.1. The van der Waals surface area contributed by atoms with Crippen molar-refractivity contribution in [3.63, 3.8) is 0 Å². The van der Waals surface area contributed by atoms with Crippen molar-refractivity contribution in [2.45, 2.75) is 81.8 Å². The second kappa shape index (κ2) is 14.5. The maximum absolute atomic E-state index is 9.99. The van der Waals surface area contributed by atoms with E-state index in [0.717, 1.165) is 6.92 Å². The maximum Gasteiger partial charge on any atom is 0.111 e. The fourth-order valence-electron chi connectivity index (χ4n) is 2.30. The zero-order valence-corrected chi connectivity index (χ0v) is 16.1. The minimum absolute atomic E-state index is 0.935. The van der Waals surface area contributed by atoms with Gasteiger partial charge in [-0.2, -0.15) is 0 Å². The molecule has 172 valence electrons. The minimum Gasteiger partial charge on any atom is -0.394 e. The predicted octanol–water partition coefficient (Wildman–Crippen LogP) is -5.76. The van der Waals surface area contributed by atoms with Crippen LogP contribution in [-0.2, 0) is 0 Å². The van der Waals surface area contributed by atoms with Crippen LogP contribution in [0.4, 0.5) is 0 Å². The van der Waals surface area contributed by atoms with Gasteiger partial charge >= 0.3 is 0 Å². The molecule has 0 saturated carbocycles. The van der Waals surface area contributed by atoms with Gasteiger partial charge in [0, 0.05) is 5.92 Å². The van der Waals surface area contributed by atoms with Crippen LogP contribution in [-0.4, -0.2) is 136 Å². The molecule has 0 fully saturated rings. The first kappa shape index (κ1) is 29.7. The Morgan fingerprint density at radius 3 is 0.857 bits per heavy atom. The third-order valence-corrected chi connectivity index (χ3v) is 4.34. The van der Waals surface area contributed by atoms with E-state index in [2.05, 4.69) is 0 Å². The normalized spacial score (nSPS) is 23.7. The van der Waals surface area contributed by atoms with E-state index in [1.165, 1.54) is 0 Å². The molecular weight excluding hydrogens is 384 g/mol. The smallest absolute Gasteiger partial charge is 0.111 e. The van der Waals surface area contributed by atoms with Crippen molar-refractivity contribution in [2.24, 2.45) is 5.92 Å². The average molecular weight is 420 g/mol. The first-order chi connectivity index (χ1) is 12.9. The van der Waals surface area contributed by atoms with Crippen LogP contribution >= 0.6 is 0 Å².